The van der Waals surface area contributed by atoms with Crippen molar-refractivity contribution in [3.8, 4) is 5.75 Å². The van der Waals surface area contributed by atoms with Crippen LogP contribution in [0.4, 0.5) is 11.4 Å². The number of carbonyl (C=O) groups excluding carboxylic acids is 2. The highest BCUT2D eigenvalue weighted by Gasteiger charge is 2.19. The van der Waals surface area contributed by atoms with Gasteiger partial charge in [0.15, 0.2) is 0 Å². The molecule has 3 rings (SSSR count). The number of benzene rings is 3. The fraction of sp³-hybridized carbons (Fsp3) is 0.200. The summed E-state index contributed by atoms with van der Waals surface area (Å²) in [5.74, 6) is -0.275. The van der Waals surface area contributed by atoms with Gasteiger partial charge in [-0.25, -0.2) is 8.42 Å². The quantitative estimate of drug-likeness (QED) is 0.429. The molecule has 3 N–H and O–H groups in total. The Morgan fingerprint density at radius 2 is 1.65 bits per heavy atom. The average molecular weight is 482 g/mol. The van der Waals surface area contributed by atoms with Crippen LogP contribution in [0.15, 0.2) is 71.6 Å². The molecule has 0 aliphatic heterocycles. The van der Waals surface area contributed by atoms with Crippen molar-refractivity contribution in [2.45, 2.75) is 25.7 Å². The second-order valence-electron chi connectivity index (χ2n) is 7.64. The molecule has 0 atom stereocenters. The molecule has 9 heteroatoms. The second-order valence-corrected chi connectivity index (χ2v) is 9.32. The lowest BCUT2D eigenvalue weighted by atomic mass is 10.1. The van der Waals surface area contributed by atoms with Crippen LogP contribution in [0.5, 0.6) is 5.75 Å². The van der Waals surface area contributed by atoms with E-state index < -0.39 is 21.8 Å². The van der Waals surface area contributed by atoms with E-state index in [0.29, 0.717) is 29.3 Å². The van der Waals surface area contributed by atoms with E-state index in [-0.39, 0.29) is 17.0 Å². The van der Waals surface area contributed by atoms with Crippen LogP contribution in [0.3, 0.4) is 0 Å². The Balaban J connectivity index is 1.65. The highest BCUT2D eigenvalue weighted by atomic mass is 32.2. The zero-order valence-corrected chi connectivity index (χ0v) is 20.0. The van der Waals surface area contributed by atoms with Crippen LogP contribution in [0.25, 0.3) is 0 Å². The van der Waals surface area contributed by atoms with Crippen molar-refractivity contribution in [1.82, 2.24) is 5.32 Å². The van der Waals surface area contributed by atoms with Crippen LogP contribution in [0.1, 0.15) is 28.4 Å². The van der Waals surface area contributed by atoms with E-state index in [4.69, 9.17) is 4.74 Å². The lowest BCUT2D eigenvalue weighted by Crippen LogP contribution is -2.33. The molecule has 0 saturated carbocycles. The summed E-state index contributed by atoms with van der Waals surface area (Å²) in [4.78, 5) is 24.9. The summed E-state index contributed by atoms with van der Waals surface area (Å²) in [6, 6.07) is 18.1. The van der Waals surface area contributed by atoms with Crippen molar-refractivity contribution in [2.24, 2.45) is 0 Å². The Bertz CT molecular complexity index is 1290. The van der Waals surface area contributed by atoms with Gasteiger partial charge in [-0.15, -0.1) is 0 Å². The molecule has 178 valence electrons. The summed E-state index contributed by atoms with van der Waals surface area (Å²) in [5, 5.41) is 5.22. The van der Waals surface area contributed by atoms with Gasteiger partial charge in [0.2, 0.25) is 5.91 Å². The summed E-state index contributed by atoms with van der Waals surface area (Å²) < 4.78 is 33.5. The van der Waals surface area contributed by atoms with Crippen LogP contribution in [-0.2, 0) is 14.8 Å². The summed E-state index contributed by atoms with van der Waals surface area (Å²) in [6.45, 7) is 5.70. The number of rotatable bonds is 9. The number of ether oxygens (including phenoxy) is 1. The molecule has 0 aliphatic rings. The van der Waals surface area contributed by atoms with Crippen LogP contribution < -0.4 is 20.1 Å². The average Bonchev–Trinajstić information content (AvgIpc) is 2.79. The standard InChI is InChI=1S/C25H27N3O5S/c1-4-33-21-11-9-19(10-12-21)27-24(29)16-26-25(30)23-15-22(13-8-18(23)3)34(31,32)28-20-7-5-6-17(2)14-20/h5-15,28H,4,16H2,1-3H3,(H,26,30)(H,27,29). The van der Waals surface area contributed by atoms with Gasteiger partial charge in [0.05, 0.1) is 18.0 Å². The highest BCUT2D eigenvalue weighted by Crippen LogP contribution is 2.20. The van der Waals surface area contributed by atoms with E-state index >= 15 is 0 Å². The first-order chi connectivity index (χ1) is 16.2. The van der Waals surface area contributed by atoms with Gasteiger partial charge in [0.25, 0.3) is 15.9 Å². The Kier molecular flexibility index (Phi) is 7.91. The zero-order chi connectivity index (χ0) is 24.7. The van der Waals surface area contributed by atoms with Crippen LogP contribution in [0, 0.1) is 13.8 Å². The minimum absolute atomic E-state index is 0.0522. The first-order valence-corrected chi connectivity index (χ1v) is 12.2. The predicted octanol–water partition coefficient (Wildman–Crippen LogP) is 3.87. The number of nitrogens with one attached hydrogen (secondary N) is 3. The Labute approximate surface area is 199 Å². The van der Waals surface area contributed by atoms with Crippen LogP contribution in [-0.4, -0.2) is 33.4 Å². The largest absolute Gasteiger partial charge is 0.494 e. The summed E-state index contributed by atoms with van der Waals surface area (Å²) >= 11 is 0. The maximum atomic E-state index is 12.8. The third kappa shape index (κ3) is 6.58. The predicted molar refractivity (Wildman–Crippen MR) is 132 cm³/mol. The molecular weight excluding hydrogens is 454 g/mol. The molecule has 34 heavy (non-hydrogen) atoms. The van der Waals surface area contributed by atoms with Crippen molar-refractivity contribution < 1.29 is 22.7 Å². The smallest absolute Gasteiger partial charge is 0.261 e. The van der Waals surface area contributed by atoms with E-state index in [0.717, 1.165) is 5.56 Å². The maximum absolute atomic E-state index is 12.8. The fourth-order valence-corrected chi connectivity index (χ4v) is 4.27. The minimum Gasteiger partial charge on any atom is -0.494 e. The zero-order valence-electron chi connectivity index (χ0n) is 19.2. The number of aryl methyl sites for hydroxylation is 2. The molecule has 0 saturated heterocycles. The first kappa shape index (κ1) is 24.8. The van der Waals surface area contributed by atoms with Crippen LogP contribution in [0.2, 0.25) is 0 Å². The topological polar surface area (TPSA) is 114 Å². The highest BCUT2D eigenvalue weighted by molar-refractivity contribution is 7.92. The Morgan fingerprint density at radius 3 is 2.32 bits per heavy atom. The van der Waals surface area contributed by atoms with Crippen molar-refractivity contribution >= 4 is 33.2 Å². The monoisotopic (exact) mass is 481 g/mol. The lowest BCUT2D eigenvalue weighted by Gasteiger charge is -2.12. The van der Waals surface area contributed by atoms with Crippen LogP contribution >= 0.6 is 0 Å². The van der Waals surface area contributed by atoms with Crippen molar-refractivity contribution in [2.75, 3.05) is 23.2 Å². The molecule has 0 aromatic heterocycles. The van der Waals surface area contributed by atoms with Gasteiger partial charge in [-0.3, -0.25) is 14.3 Å². The normalized spacial score (nSPS) is 10.9. The van der Waals surface area contributed by atoms with Crippen molar-refractivity contribution in [3.05, 3.63) is 83.4 Å². The molecule has 3 aromatic rings. The number of carbonyl (C=O) groups is 2. The van der Waals surface area contributed by atoms with Gasteiger partial charge in [-0.1, -0.05) is 18.2 Å². The molecule has 0 fully saturated rings. The fourth-order valence-electron chi connectivity index (χ4n) is 3.20. The number of hydrogen-bond acceptors (Lipinski definition) is 5. The molecule has 0 bridgehead atoms. The molecule has 8 nitrogen and oxygen atoms in total. The number of anilines is 2. The summed E-state index contributed by atoms with van der Waals surface area (Å²) in [5.41, 5.74) is 2.65. The van der Waals surface area contributed by atoms with Gasteiger partial charge >= 0.3 is 0 Å². The second kappa shape index (κ2) is 10.8. The Hall–Kier alpha value is -3.85. The van der Waals surface area contributed by atoms with Gasteiger partial charge in [0, 0.05) is 16.9 Å². The van der Waals surface area contributed by atoms with Gasteiger partial charge < -0.3 is 15.4 Å². The number of hydrogen-bond donors (Lipinski definition) is 3. The van der Waals surface area contributed by atoms with E-state index in [1.54, 1.807) is 55.5 Å². The molecular formula is C25H27N3O5S. The summed E-state index contributed by atoms with van der Waals surface area (Å²) in [6.07, 6.45) is 0. The third-order valence-corrected chi connectivity index (χ3v) is 6.27. The lowest BCUT2D eigenvalue weighted by molar-refractivity contribution is -0.115. The molecule has 2 amide bonds. The molecule has 0 unspecified atom stereocenters. The first-order valence-electron chi connectivity index (χ1n) is 10.7. The molecule has 3 aromatic carbocycles. The molecule has 0 aliphatic carbocycles. The van der Waals surface area contributed by atoms with E-state index in [2.05, 4.69) is 15.4 Å². The van der Waals surface area contributed by atoms with E-state index in [9.17, 15) is 18.0 Å². The van der Waals surface area contributed by atoms with Gasteiger partial charge in [-0.05, 0) is 80.4 Å². The van der Waals surface area contributed by atoms with E-state index in [1.807, 2.05) is 19.9 Å². The molecule has 0 heterocycles. The van der Waals surface area contributed by atoms with E-state index in [1.165, 1.54) is 12.1 Å². The van der Waals surface area contributed by atoms with Gasteiger partial charge in [-0.2, -0.15) is 0 Å². The minimum atomic E-state index is -3.90. The third-order valence-electron chi connectivity index (χ3n) is 4.89. The number of amides is 2. The summed E-state index contributed by atoms with van der Waals surface area (Å²) in [7, 11) is -3.90. The molecule has 0 spiro atoms. The van der Waals surface area contributed by atoms with Gasteiger partial charge in [0.1, 0.15) is 5.75 Å². The maximum Gasteiger partial charge on any atom is 0.261 e. The number of sulfonamides is 1. The van der Waals surface area contributed by atoms with Crippen molar-refractivity contribution in [3.63, 3.8) is 0 Å². The van der Waals surface area contributed by atoms with Crippen molar-refractivity contribution in [1.29, 1.82) is 0 Å². The molecule has 0 radical (unpaired) electrons. The SMILES string of the molecule is CCOc1ccc(NC(=O)CNC(=O)c2cc(S(=O)(=O)Nc3cccc(C)c3)ccc2C)cc1. The Morgan fingerprint density at radius 1 is 0.912 bits per heavy atom.